The van der Waals surface area contributed by atoms with Gasteiger partial charge >= 0.3 is 6.18 Å². The minimum atomic E-state index is -4.32. The second kappa shape index (κ2) is 5.57. The number of hydrogen-bond donors (Lipinski definition) is 0. The summed E-state index contributed by atoms with van der Waals surface area (Å²) < 4.78 is 39.5. The molecular weight excluding hydrogens is 311 g/mol. The van der Waals surface area contributed by atoms with Crippen molar-refractivity contribution in [2.45, 2.75) is 31.9 Å². The van der Waals surface area contributed by atoms with Gasteiger partial charge in [0.15, 0.2) is 0 Å². The van der Waals surface area contributed by atoms with Crippen LogP contribution in [0.5, 0.6) is 0 Å². The summed E-state index contributed by atoms with van der Waals surface area (Å²) in [5.74, 6) is 0.292. The summed E-state index contributed by atoms with van der Waals surface area (Å²) in [7, 11) is 0. The lowest BCUT2D eigenvalue weighted by Gasteiger charge is -2.31. The fourth-order valence-electron chi connectivity index (χ4n) is 3.12. The van der Waals surface area contributed by atoms with E-state index in [0.29, 0.717) is 23.2 Å². The summed E-state index contributed by atoms with van der Waals surface area (Å²) in [5.41, 5.74) is 0.441. The Morgan fingerprint density at radius 2 is 1.95 bits per heavy atom. The molecule has 1 aliphatic heterocycles. The van der Waals surface area contributed by atoms with E-state index in [1.165, 1.54) is 17.4 Å². The minimum Gasteiger partial charge on any atom is -0.343 e. The molecule has 0 atom stereocenters. The Labute approximate surface area is 130 Å². The minimum absolute atomic E-state index is 0.0629. The van der Waals surface area contributed by atoms with E-state index in [1.54, 1.807) is 17.9 Å². The lowest BCUT2D eigenvalue weighted by molar-refractivity contribution is -0.136. The van der Waals surface area contributed by atoms with E-state index in [2.05, 4.69) is 0 Å². The van der Waals surface area contributed by atoms with E-state index < -0.39 is 11.7 Å². The monoisotopic (exact) mass is 327 g/mol. The molecule has 3 rings (SSSR count). The summed E-state index contributed by atoms with van der Waals surface area (Å²) in [6.45, 7) is 2.91. The molecule has 0 aliphatic carbocycles. The predicted molar refractivity (Wildman–Crippen MR) is 81.1 cm³/mol. The van der Waals surface area contributed by atoms with Gasteiger partial charge in [-0.2, -0.15) is 13.2 Å². The largest absolute Gasteiger partial charge is 0.417 e. The van der Waals surface area contributed by atoms with Crippen molar-refractivity contribution in [1.82, 2.24) is 4.90 Å². The van der Waals surface area contributed by atoms with Crippen molar-refractivity contribution in [3.63, 3.8) is 0 Å². The third-order valence-corrected chi connectivity index (χ3v) is 5.36. The van der Waals surface area contributed by atoms with Crippen LogP contribution in [0.25, 0.3) is 10.1 Å². The Bertz CT molecular complexity index is 699. The number of amides is 1. The number of carbonyl (C=O) groups is 1. The number of alkyl halides is 3. The van der Waals surface area contributed by atoms with Gasteiger partial charge in [0.2, 0.25) is 5.91 Å². The molecule has 118 valence electrons. The zero-order valence-corrected chi connectivity index (χ0v) is 12.9. The first-order valence-electron chi connectivity index (χ1n) is 7.20. The van der Waals surface area contributed by atoms with Crippen molar-refractivity contribution in [2.24, 2.45) is 0 Å². The molecule has 2 aromatic rings. The molecule has 1 aromatic carbocycles. The number of rotatable bonds is 1. The average Bonchev–Trinajstić information content (AvgIpc) is 2.90. The molecule has 0 radical (unpaired) electrons. The van der Waals surface area contributed by atoms with Gasteiger partial charge < -0.3 is 4.90 Å². The molecule has 1 saturated heterocycles. The van der Waals surface area contributed by atoms with E-state index in [9.17, 15) is 18.0 Å². The number of hydrogen-bond acceptors (Lipinski definition) is 2. The number of piperidine rings is 1. The van der Waals surface area contributed by atoms with Crippen LogP contribution in [-0.4, -0.2) is 23.9 Å². The van der Waals surface area contributed by atoms with Crippen LogP contribution < -0.4 is 0 Å². The lowest BCUT2D eigenvalue weighted by Crippen LogP contribution is -2.36. The van der Waals surface area contributed by atoms with Gasteiger partial charge in [-0.1, -0.05) is 12.1 Å². The van der Waals surface area contributed by atoms with Gasteiger partial charge in [-0.3, -0.25) is 4.79 Å². The Morgan fingerprint density at radius 1 is 1.27 bits per heavy atom. The Kier molecular flexibility index (Phi) is 3.89. The van der Waals surface area contributed by atoms with Gasteiger partial charge in [-0.25, -0.2) is 0 Å². The third kappa shape index (κ3) is 2.72. The van der Waals surface area contributed by atoms with Crippen LogP contribution in [0.15, 0.2) is 23.6 Å². The number of nitrogens with zero attached hydrogens (tertiary/aromatic N) is 1. The quantitative estimate of drug-likeness (QED) is 0.747. The average molecular weight is 327 g/mol. The van der Waals surface area contributed by atoms with Crippen molar-refractivity contribution >= 4 is 27.3 Å². The number of benzene rings is 1. The highest BCUT2D eigenvalue weighted by molar-refractivity contribution is 7.17. The summed E-state index contributed by atoms with van der Waals surface area (Å²) in [6, 6.07) is 4.39. The highest BCUT2D eigenvalue weighted by atomic mass is 32.1. The molecule has 0 bridgehead atoms. The third-order valence-electron chi connectivity index (χ3n) is 4.32. The molecule has 2 heterocycles. The van der Waals surface area contributed by atoms with Gasteiger partial charge in [-0.05, 0) is 41.2 Å². The van der Waals surface area contributed by atoms with E-state index >= 15 is 0 Å². The first kappa shape index (κ1) is 15.3. The van der Waals surface area contributed by atoms with E-state index in [-0.39, 0.29) is 11.8 Å². The van der Waals surface area contributed by atoms with Crippen LogP contribution in [0.2, 0.25) is 0 Å². The molecule has 0 N–H and O–H groups in total. The molecule has 1 amide bonds. The Hall–Kier alpha value is -1.56. The highest BCUT2D eigenvalue weighted by Gasteiger charge is 2.34. The second-order valence-corrected chi connectivity index (χ2v) is 6.53. The van der Waals surface area contributed by atoms with Crippen LogP contribution in [0.4, 0.5) is 13.2 Å². The first-order valence-corrected chi connectivity index (χ1v) is 8.08. The number of thiophene rings is 1. The summed E-state index contributed by atoms with van der Waals surface area (Å²) in [4.78, 5) is 13.2. The smallest absolute Gasteiger partial charge is 0.343 e. The highest BCUT2D eigenvalue weighted by Crippen LogP contribution is 2.42. The van der Waals surface area contributed by atoms with Crippen molar-refractivity contribution in [2.75, 3.05) is 13.1 Å². The van der Waals surface area contributed by atoms with Crippen LogP contribution in [0.1, 0.15) is 36.8 Å². The number of halogens is 3. The SMILES string of the molecule is CC(=O)N1CCC(c2csc3c(C(F)(F)F)cccc23)CC1. The number of fused-ring (bicyclic) bond motifs is 1. The molecule has 2 nitrogen and oxygen atoms in total. The molecule has 0 spiro atoms. The maximum atomic E-state index is 13.1. The van der Waals surface area contributed by atoms with Crippen LogP contribution in [-0.2, 0) is 11.0 Å². The molecule has 1 aliphatic rings. The summed E-state index contributed by atoms with van der Waals surface area (Å²) >= 11 is 1.17. The Morgan fingerprint density at radius 3 is 2.55 bits per heavy atom. The normalized spacial score (nSPS) is 17.2. The fourth-order valence-corrected chi connectivity index (χ4v) is 4.31. The number of carbonyl (C=O) groups excluding carboxylic acids is 1. The van der Waals surface area contributed by atoms with Gasteiger partial charge in [0.25, 0.3) is 0 Å². The van der Waals surface area contributed by atoms with Crippen LogP contribution in [0, 0.1) is 0 Å². The van der Waals surface area contributed by atoms with Crippen molar-refractivity contribution < 1.29 is 18.0 Å². The standard InChI is InChI=1S/C16H16F3NOS/c1-10(21)20-7-5-11(6-8-20)13-9-22-15-12(13)3-2-4-14(15)16(17,18)19/h2-4,9,11H,5-8H2,1H3. The van der Waals surface area contributed by atoms with Crippen molar-refractivity contribution in [1.29, 1.82) is 0 Å². The second-order valence-electron chi connectivity index (χ2n) is 5.65. The maximum Gasteiger partial charge on any atom is 0.417 e. The van der Waals surface area contributed by atoms with Gasteiger partial charge in [0.05, 0.1) is 5.56 Å². The summed E-state index contributed by atoms with van der Waals surface area (Å²) in [6.07, 6.45) is -2.71. The van der Waals surface area contributed by atoms with Crippen LogP contribution >= 0.6 is 11.3 Å². The molecule has 0 unspecified atom stereocenters. The van der Waals surface area contributed by atoms with E-state index in [0.717, 1.165) is 24.5 Å². The molecular formula is C16H16F3NOS. The first-order chi connectivity index (χ1) is 10.4. The van der Waals surface area contributed by atoms with Gasteiger partial charge in [-0.15, -0.1) is 11.3 Å². The van der Waals surface area contributed by atoms with Crippen molar-refractivity contribution in [3.05, 3.63) is 34.7 Å². The van der Waals surface area contributed by atoms with E-state index in [1.807, 2.05) is 5.38 Å². The zero-order valence-electron chi connectivity index (χ0n) is 12.1. The van der Waals surface area contributed by atoms with Gasteiger partial charge in [0.1, 0.15) is 0 Å². The Balaban J connectivity index is 1.92. The zero-order chi connectivity index (χ0) is 15.9. The van der Waals surface area contributed by atoms with Crippen molar-refractivity contribution in [3.8, 4) is 0 Å². The molecule has 1 aromatic heterocycles. The number of likely N-dealkylation sites (tertiary alicyclic amines) is 1. The molecule has 1 fully saturated rings. The topological polar surface area (TPSA) is 20.3 Å². The van der Waals surface area contributed by atoms with Crippen LogP contribution in [0.3, 0.4) is 0 Å². The molecule has 22 heavy (non-hydrogen) atoms. The lowest BCUT2D eigenvalue weighted by atomic mass is 9.89. The summed E-state index contributed by atoms with van der Waals surface area (Å²) in [5, 5.41) is 2.56. The molecule has 0 saturated carbocycles. The van der Waals surface area contributed by atoms with E-state index in [4.69, 9.17) is 0 Å². The van der Waals surface area contributed by atoms with Gasteiger partial charge in [0, 0.05) is 24.7 Å². The fraction of sp³-hybridized carbons (Fsp3) is 0.438. The molecule has 6 heteroatoms. The maximum absolute atomic E-state index is 13.1. The predicted octanol–water partition coefficient (Wildman–Crippen LogP) is 4.65.